The van der Waals surface area contributed by atoms with E-state index in [1.165, 1.54) is 25.7 Å². The van der Waals surface area contributed by atoms with Crippen LogP contribution < -0.4 is 0 Å². The largest absolute Gasteiger partial charge is 0.396 e. The van der Waals surface area contributed by atoms with Crippen LogP contribution in [0.2, 0.25) is 0 Å². The molecule has 0 unspecified atom stereocenters. The highest BCUT2D eigenvalue weighted by Crippen LogP contribution is 2.07. The van der Waals surface area contributed by atoms with Crippen molar-refractivity contribution in [3.05, 3.63) is 0 Å². The minimum Gasteiger partial charge on any atom is -0.396 e. The van der Waals surface area contributed by atoms with Gasteiger partial charge in [0.05, 0.1) is 13.2 Å². The average molecular weight is 247 g/mol. The van der Waals surface area contributed by atoms with Crippen molar-refractivity contribution in [2.75, 3.05) is 39.5 Å². The van der Waals surface area contributed by atoms with Gasteiger partial charge in [-0.25, -0.2) is 0 Å². The third kappa shape index (κ3) is 12.1. The van der Waals surface area contributed by atoms with Crippen LogP contribution in [0.15, 0.2) is 0 Å². The van der Waals surface area contributed by atoms with Gasteiger partial charge in [-0.2, -0.15) is 0 Å². The Balaban J connectivity index is 3.23. The Bertz CT molecular complexity index is 139. The summed E-state index contributed by atoms with van der Waals surface area (Å²) in [6, 6.07) is 0. The van der Waals surface area contributed by atoms with Gasteiger partial charge in [0.15, 0.2) is 0 Å². The molecular formula is C13H29NO3. The van der Waals surface area contributed by atoms with Gasteiger partial charge < -0.3 is 15.3 Å². The topological polar surface area (TPSA) is 63.9 Å². The van der Waals surface area contributed by atoms with Gasteiger partial charge in [-0.15, -0.1) is 0 Å². The fraction of sp³-hybridized carbons (Fsp3) is 1.00. The molecule has 0 aliphatic rings. The van der Waals surface area contributed by atoms with E-state index in [0.717, 1.165) is 25.8 Å². The molecule has 0 aromatic heterocycles. The number of hydrogen-bond acceptors (Lipinski definition) is 4. The standard InChI is InChI=1S/C13H29NO3/c15-11-7-5-3-1-2-4-6-8-14(9-12-16)10-13-17/h15-17H,1-13H2. The molecule has 0 saturated carbocycles. The van der Waals surface area contributed by atoms with E-state index in [1.807, 2.05) is 0 Å². The molecule has 17 heavy (non-hydrogen) atoms. The van der Waals surface area contributed by atoms with Crippen LogP contribution in [-0.2, 0) is 0 Å². The molecule has 0 aliphatic carbocycles. The quantitative estimate of drug-likeness (QED) is 0.425. The Labute approximate surface area is 105 Å². The smallest absolute Gasteiger partial charge is 0.0558 e. The lowest BCUT2D eigenvalue weighted by Gasteiger charge is -2.19. The molecule has 0 heterocycles. The summed E-state index contributed by atoms with van der Waals surface area (Å²) in [6.45, 7) is 2.95. The van der Waals surface area contributed by atoms with Gasteiger partial charge in [-0.05, 0) is 19.4 Å². The molecule has 0 spiro atoms. The molecule has 4 heteroatoms. The normalized spacial score (nSPS) is 11.3. The van der Waals surface area contributed by atoms with E-state index in [-0.39, 0.29) is 13.2 Å². The maximum absolute atomic E-state index is 8.84. The van der Waals surface area contributed by atoms with E-state index >= 15 is 0 Å². The van der Waals surface area contributed by atoms with Gasteiger partial charge in [-0.1, -0.05) is 32.1 Å². The molecular weight excluding hydrogens is 218 g/mol. The molecule has 104 valence electrons. The van der Waals surface area contributed by atoms with Crippen molar-refractivity contribution in [3.63, 3.8) is 0 Å². The number of rotatable bonds is 13. The molecule has 4 nitrogen and oxygen atoms in total. The summed E-state index contributed by atoms with van der Waals surface area (Å²) in [6.07, 6.45) is 8.14. The molecule has 3 N–H and O–H groups in total. The summed E-state index contributed by atoms with van der Waals surface area (Å²) in [5, 5.41) is 26.3. The number of hydrogen-bond donors (Lipinski definition) is 3. The van der Waals surface area contributed by atoms with E-state index in [4.69, 9.17) is 15.3 Å². The van der Waals surface area contributed by atoms with Crippen molar-refractivity contribution in [2.24, 2.45) is 0 Å². The van der Waals surface area contributed by atoms with E-state index in [9.17, 15) is 0 Å². The SMILES string of the molecule is OCCCCCCCCCN(CCO)CCO. The van der Waals surface area contributed by atoms with E-state index in [2.05, 4.69) is 4.90 Å². The van der Waals surface area contributed by atoms with Crippen LogP contribution >= 0.6 is 0 Å². The third-order valence-electron chi connectivity index (χ3n) is 2.96. The zero-order chi connectivity index (χ0) is 12.8. The molecule has 0 rings (SSSR count). The number of nitrogens with zero attached hydrogens (tertiary/aromatic N) is 1. The average Bonchev–Trinajstić information content (AvgIpc) is 2.33. The highest BCUT2D eigenvalue weighted by molar-refractivity contribution is 4.57. The number of aliphatic hydroxyl groups excluding tert-OH is 3. The van der Waals surface area contributed by atoms with Crippen molar-refractivity contribution >= 4 is 0 Å². The first-order valence-corrected chi connectivity index (χ1v) is 6.90. The summed E-state index contributed by atoms with van der Waals surface area (Å²) in [7, 11) is 0. The molecule has 0 bridgehead atoms. The van der Waals surface area contributed by atoms with E-state index in [0.29, 0.717) is 19.7 Å². The Morgan fingerprint density at radius 3 is 1.41 bits per heavy atom. The lowest BCUT2D eigenvalue weighted by Crippen LogP contribution is -2.30. The van der Waals surface area contributed by atoms with Crippen molar-refractivity contribution in [1.29, 1.82) is 0 Å². The first kappa shape index (κ1) is 16.8. The lowest BCUT2D eigenvalue weighted by atomic mass is 10.1. The van der Waals surface area contributed by atoms with Crippen LogP contribution in [0, 0.1) is 0 Å². The van der Waals surface area contributed by atoms with E-state index in [1.54, 1.807) is 0 Å². The highest BCUT2D eigenvalue weighted by atomic mass is 16.3. The van der Waals surface area contributed by atoms with Gasteiger partial charge >= 0.3 is 0 Å². The van der Waals surface area contributed by atoms with Crippen LogP contribution in [0.4, 0.5) is 0 Å². The minimum atomic E-state index is 0.168. The predicted molar refractivity (Wildman–Crippen MR) is 70.0 cm³/mol. The van der Waals surface area contributed by atoms with Crippen molar-refractivity contribution in [3.8, 4) is 0 Å². The zero-order valence-electron chi connectivity index (χ0n) is 11.0. The first-order valence-electron chi connectivity index (χ1n) is 6.90. The second-order valence-electron chi connectivity index (χ2n) is 4.49. The van der Waals surface area contributed by atoms with Crippen LogP contribution in [0.5, 0.6) is 0 Å². The van der Waals surface area contributed by atoms with Crippen LogP contribution in [0.25, 0.3) is 0 Å². The van der Waals surface area contributed by atoms with Crippen LogP contribution in [0.3, 0.4) is 0 Å². The Morgan fingerprint density at radius 2 is 0.941 bits per heavy atom. The fourth-order valence-electron chi connectivity index (χ4n) is 1.95. The van der Waals surface area contributed by atoms with Gasteiger partial charge in [0.2, 0.25) is 0 Å². The molecule has 0 amide bonds. The summed E-state index contributed by atoms with van der Waals surface area (Å²) < 4.78 is 0. The maximum atomic E-state index is 8.84. The van der Waals surface area contributed by atoms with E-state index < -0.39 is 0 Å². The molecule has 0 atom stereocenters. The monoisotopic (exact) mass is 247 g/mol. The molecule has 0 fully saturated rings. The number of unbranched alkanes of at least 4 members (excludes halogenated alkanes) is 6. The molecule has 0 radical (unpaired) electrons. The first-order chi connectivity index (χ1) is 8.35. The van der Waals surface area contributed by atoms with Crippen molar-refractivity contribution in [1.82, 2.24) is 4.90 Å². The second-order valence-corrected chi connectivity index (χ2v) is 4.49. The summed E-state index contributed by atoms with van der Waals surface area (Å²) in [4.78, 5) is 2.10. The van der Waals surface area contributed by atoms with Gasteiger partial charge in [-0.3, -0.25) is 4.90 Å². The fourth-order valence-corrected chi connectivity index (χ4v) is 1.95. The van der Waals surface area contributed by atoms with Crippen molar-refractivity contribution < 1.29 is 15.3 Å². The van der Waals surface area contributed by atoms with Gasteiger partial charge in [0.25, 0.3) is 0 Å². The van der Waals surface area contributed by atoms with Crippen LogP contribution in [-0.4, -0.2) is 59.7 Å². The zero-order valence-corrected chi connectivity index (χ0v) is 11.0. The van der Waals surface area contributed by atoms with Gasteiger partial charge in [0.1, 0.15) is 0 Å². The summed E-state index contributed by atoms with van der Waals surface area (Å²) >= 11 is 0. The lowest BCUT2D eigenvalue weighted by molar-refractivity contribution is 0.159. The van der Waals surface area contributed by atoms with Crippen molar-refractivity contribution in [2.45, 2.75) is 44.9 Å². The summed E-state index contributed by atoms with van der Waals surface area (Å²) in [5.41, 5.74) is 0. The Morgan fingerprint density at radius 1 is 0.471 bits per heavy atom. The predicted octanol–water partition coefficient (Wildman–Crippen LogP) is 0.996. The molecule has 0 saturated heterocycles. The molecule has 0 aromatic carbocycles. The molecule has 0 aromatic rings. The Hall–Kier alpha value is -0.160. The van der Waals surface area contributed by atoms with Gasteiger partial charge in [0, 0.05) is 19.7 Å². The Kier molecular flexibility index (Phi) is 13.8. The maximum Gasteiger partial charge on any atom is 0.0558 e. The van der Waals surface area contributed by atoms with Crippen LogP contribution in [0.1, 0.15) is 44.9 Å². The second kappa shape index (κ2) is 13.9. The highest BCUT2D eigenvalue weighted by Gasteiger charge is 2.02. The molecule has 0 aliphatic heterocycles. The summed E-state index contributed by atoms with van der Waals surface area (Å²) in [5.74, 6) is 0. The minimum absolute atomic E-state index is 0.168. The number of aliphatic hydroxyl groups is 3. The third-order valence-corrected chi connectivity index (χ3v) is 2.96.